The van der Waals surface area contributed by atoms with Gasteiger partial charge in [-0.3, -0.25) is 9.69 Å². The predicted molar refractivity (Wildman–Crippen MR) is 139 cm³/mol. The van der Waals surface area contributed by atoms with Crippen LogP contribution in [0.4, 0.5) is 0 Å². The molecule has 7 heteroatoms. The van der Waals surface area contributed by atoms with Crippen molar-refractivity contribution < 1.29 is 19.2 Å². The number of rotatable bonds is 9. The van der Waals surface area contributed by atoms with E-state index in [9.17, 15) is 9.90 Å². The zero-order valence-electron chi connectivity index (χ0n) is 21.2. The molecule has 2 atom stereocenters. The number of likely N-dealkylation sites (N-methyl/N-ethyl adjacent to an activating group) is 1. The van der Waals surface area contributed by atoms with E-state index in [0.29, 0.717) is 18.3 Å². The Hall–Kier alpha value is -3.81. The van der Waals surface area contributed by atoms with Gasteiger partial charge in [-0.2, -0.15) is 4.98 Å². The van der Waals surface area contributed by atoms with Crippen LogP contribution in [0.3, 0.4) is 0 Å². The van der Waals surface area contributed by atoms with Crippen LogP contribution < -0.4 is 0 Å². The molecular weight excluding hydrogens is 454 g/mol. The molecule has 0 aliphatic heterocycles. The van der Waals surface area contributed by atoms with E-state index in [-0.39, 0.29) is 6.04 Å². The minimum Gasteiger partial charge on any atom is -0.480 e. The molecule has 0 radical (unpaired) electrons. The minimum atomic E-state index is -0.846. The fourth-order valence-electron chi connectivity index (χ4n) is 4.25. The number of carboxylic acid groups (broad SMARTS) is 1. The van der Waals surface area contributed by atoms with Gasteiger partial charge in [0.05, 0.1) is 6.61 Å². The van der Waals surface area contributed by atoms with Gasteiger partial charge < -0.3 is 14.4 Å². The summed E-state index contributed by atoms with van der Waals surface area (Å²) in [5.41, 5.74) is 7.18. The molecule has 0 saturated heterocycles. The average Bonchev–Trinajstić information content (AvgIpc) is 3.38. The van der Waals surface area contributed by atoms with Gasteiger partial charge in [-0.15, -0.1) is 0 Å². The Morgan fingerprint density at radius 1 is 1.03 bits per heavy atom. The van der Waals surface area contributed by atoms with Crippen LogP contribution in [0.1, 0.15) is 36.6 Å². The van der Waals surface area contributed by atoms with Crippen molar-refractivity contribution in [3.05, 3.63) is 83.4 Å². The molecular formula is C29H31N3O4. The maximum Gasteiger partial charge on any atom is 0.320 e. The standard InChI is InChI=1S/C29H31N3O4/c1-18-8-6-7-9-25(18)26-15-14-23(16-24(26)17-35-5)28-30-27(31-36-28)22-12-10-21(11-13-22)19(2)32(4)20(3)29(33)34/h6-16,19-20H,17H2,1-5H3,(H,33,34)/t19?,20-/m0/s1. The van der Waals surface area contributed by atoms with Crippen LogP contribution in [0.25, 0.3) is 34.0 Å². The average molecular weight is 486 g/mol. The first-order valence-corrected chi connectivity index (χ1v) is 11.9. The van der Waals surface area contributed by atoms with E-state index in [1.54, 1.807) is 14.0 Å². The van der Waals surface area contributed by atoms with Crippen LogP contribution in [-0.2, 0) is 16.1 Å². The number of ether oxygens (including phenoxy) is 1. The molecule has 186 valence electrons. The van der Waals surface area contributed by atoms with E-state index >= 15 is 0 Å². The summed E-state index contributed by atoms with van der Waals surface area (Å²) in [6.07, 6.45) is 0. The van der Waals surface area contributed by atoms with Crippen molar-refractivity contribution in [2.45, 2.75) is 39.5 Å². The van der Waals surface area contributed by atoms with Crippen molar-refractivity contribution in [1.82, 2.24) is 15.0 Å². The number of aliphatic carboxylic acids is 1. The zero-order valence-corrected chi connectivity index (χ0v) is 21.2. The molecule has 0 fully saturated rings. The van der Waals surface area contributed by atoms with Crippen molar-refractivity contribution in [3.8, 4) is 34.0 Å². The highest BCUT2D eigenvalue weighted by Crippen LogP contribution is 2.32. The summed E-state index contributed by atoms with van der Waals surface area (Å²) < 4.78 is 11.1. The third kappa shape index (κ3) is 5.22. The van der Waals surface area contributed by atoms with Crippen LogP contribution in [0.15, 0.2) is 71.3 Å². The molecule has 4 rings (SSSR count). The number of methoxy groups -OCH3 is 1. The second-order valence-electron chi connectivity index (χ2n) is 9.02. The van der Waals surface area contributed by atoms with E-state index < -0.39 is 12.0 Å². The molecule has 36 heavy (non-hydrogen) atoms. The summed E-state index contributed by atoms with van der Waals surface area (Å²) in [6.45, 7) is 6.23. The molecule has 0 bridgehead atoms. The van der Waals surface area contributed by atoms with Crippen molar-refractivity contribution in [3.63, 3.8) is 0 Å². The summed E-state index contributed by atoms with van der Waals surface area (Å²) in [4.78, 5) is 17.8. The van der Waals surface area contributed by atoms with Gasteiger partial charge in [-0.1, -0.05) is 59.8 Å². The first-order valence-electron chi connectivity index (χ1n) is 11.9. The summed E-state index contributed by atoms with van der Waals surface area (Å²) >= 11 is 0. The van der Waals surface area contributed by atoms with Gasteiger partial charge in [-0.25, -0.2) is 0 Å². The molecule has 0 amide bonds. The Morgan fingerprint density at radius 2 is 1.72 bits per heavy atom. The molecule has 1 N–H and O–H groups in total. The summed E-state index contributed by atoms with van der Waals surface area (Å²) in [5.74, 6) is 0.0831. The first kappa shape index (κ1) is 25.3. The second kappa shape index (κ2) is 10.8. The zero-order chi connectivity index (χ0) is 25.8. The maximum atomic E-state index is 11.3. The summed E-state index contributed by atoms with van der Waals surface area (Å²) in [7, 11) is 3.49. The Labute approximate surface area is 211 Å². The first-order chi connectivity index (χ1) is 17.3. The van der Waals surface area contributed by atoms with Gasteiger partial charge in [0.1, 0.15) is 6.04 Å². The van der Waals surface area contributed by atoms with Gasteiger partial charge in [0.25, 0.3) is 5.89 Å². The second-order valence-corrected chi connectivity index (χ2v) is 9.02. The number of hydrogen-bond acceptors (Lipinski definition) is 6. The van der Waals surface area contributed by atoms with Gasteiger partial charge in [0, 0.05) is 24.3 Å². The number of aryl methyl sites for hydroxylation is 1. The lowest BCUT2D eigenvalue weighted by Gasteiger charge is -2.28. The van der Waals surface area contributed by atoms with E-state index in [1.165, 1.54) is 11.1 Å². The topological polar surface area (TPSA) is 88.7 Å². The van der Waals surface area contributed by atoms with Gasteiger partial charge in [-0.05, 0) is 67.8 Å². The Morgan fingerprint density at radius 3 is 2.39 bits per heavy atom. The Bertz CT molecular complexity index is 1350. The van der Waals surface area contributed by atoms with Gasteiger partial charge >= 0.3 is 5.97 Å². The van der Waals surface area contributed by atoms with Crippen LogP contribution in [0, 0.1) is 6.92 Å². The van der Waals surface area contributed by atoms with Crippen LogP contribution in [-0.4, -0.2) is 46.3 Å². The van der Waals surface area contributed by atoms with Crippen LogP contribution in [0.2, 0.25) is 0 Å². The smallest absolute Gasteiger partial charge is 0.320 e. The van der Waals surface area contributed by atoms with Gasteiger partial charge in [0.15, 0.2) is 0 Å². The summed E-state index contributed by atoms with van der Waals surface area (Å²) in [6, 6.07) is 21.5. The monoisotopic (exact) mass is 485 g/mol. The maximum absolute atomic E-state index is 11.3. The van der Waals surface area contributed by atoms with E-state index in [0.717, 1.165) is 27.8 Å². The Kier molecular flexibility index (Phi) is 7.62. The quantitative estimate of drug-likeness (QED) is 0.311. The number of carbonyl (C=O) groups is 1. The van der Waals surface area contributed by atoms with Crippen LogP contribution >= 0.6 is 0 Å². The van der Waals surface area contributed by atoms with Crippen LogP contribution in [0.5, 0.6) is 0 Å². The number of benzene rings is 3. The number of nitrogens with zero attached hydrogens (tertiary/aromatic N) is 3. The minimum absolute atomic E-state index is 0.0584. The van der Waals surface area contributed by atoms with Crippen molar-refractivity contribution >= 4 is 5.97 Å². The van der Waals surface area contributed by atoms with E-state index in [2.05, 4.69) is 35.3 Å². The van der Waals surface area contributed by atoms with E-state index in [1.807, 2.05) is 67.4 Å². The Balaban J connectivity index is 1.58. The molecule has 0 saturated carbocycles. The predicted octanol–water partition coefficient (Wildman–Crippen LogP) is 5.99. The molecule has 7 nitrogen and oxygen atoms in total. The molecule has 1 unspecified atom stereocenters. The molecule has 0 aliphatic rings. The van der Waals surface area contributed by atoms with Crippen molar-refractivity contribution in [2.24, 2.45) is 0 Å². The fraction of sp³-hybridized carbons (Fsp3) is 0.276. The molecule has 3 aromatic carbocycles. The third-order valence-corrected chi connectivity index (χ3v) is 6.74. The SMILES string of the molecule is COCc1cc(-c2nc(-c3ccc(C(C)N(C)[C@@H](C)C(=O)O)cc3)no2)ccc1-c1ccccc1C. The molecule has 4 aromatic rings. The lowest BCUT2D eigenvalue weighted by atomic mass is 9.94. The van der Waals surface area contributed by atoms with Crippen molar-refractivity contribution in [1.29, 1.82) is 0 Å². The lowest BCUT2D eigenvalue weighted by Crippen LogP contribution is -2.37. The molecule has 0 aliphatic carbocycles. The summed E-state index contributed by atoms with van der Waals surface area (Å²) in [5, 5.41) is 13.5. The lowest BCUT2D eigenvalue weighted by molar-refractivity contribution is -0.142. The highest BCUT2D eigenvalue weighted by molar-refractivity contribution is 5.74. The molecule has 1 heterocycles. The third-order valence-electron chi connectivity index (χ3n) is 6.74. The normalized spacial score (nSPS) is 13.1. The van der Waals surface area contributed by atoms with E-state index in [4.69, 9.17) is 9.26 Å². The van der Waals surface area contributed by atoms with Crippen molar-refractivity contribution in [2.75, 3.05) is 14.2 Å². The highest BCUT2D eigenvalue weighted by Gasteiger charge is 2.23. The fourth-order valence-corrected chi connectivity index (χ4v) is 4.25. The molecule has 1 aromatic heterocycles. The van der Waals surface area contributed by atoms with Gasteiger partial charge in [0.2, 0.25) is 5.82 Å². The number of hydrogen-bond donors (Lipinski definition) is 1. The largest absolute Gasteiger partial charge is 0.480 e. The number of carboxylic acids is 1. The highest BCUT2D eigenvalue weighted by atomic mass is 16.5. The molecule has 0 spiro atoms. The number of aromatic nitrogens is 2.